The smallest absolute Gasteiger partial charge is 0.265 e. The molecule has 16 heavy (non-hydrogen) atoms. The summed E-state index contributed by atoms with van der Waals surface area (Å²) in [6, 6.07) is -0.626. The van der Waals surface area contributed by atoms with Crippen molar-refractivity contribution in [1.29, 1.82) is 0 Å². The first-order chi connectivity index (χ1) is 7.57. The molecule has 1 atom stereocenters. The first kappa shape index (κ1) is 13.0. The van der Waals surface area contributed by atoms with Gasteiger partial charge in [0.25, 0.3) is 5.91 Å². The summed E-state index contributed by atoms with van der Waals surface area (Å²) in [6.07, 6.45) is 5.20. The van der Waals surface area contributed by atoms with Crippen molar-refractivity contribution in [2.75, 3.05) is 7.05 Å². The molecule has 0 heterocycles. The fourth-order valence-corrected chi connectivity index (χ4v) is 2.10. The van der Waals surface area contributed by atoms with Gasteiger partial charge in [-0.2, -0.15) is 0 Å². The lowest BCUT2D eigenvalue weighted by Crippen LogP contribution is -2.47. The van der Waals surface area contributed by atoms with Gasteiger partial charge < -0.3 is 4.90 Å². The molecule has 1 aliphatic rings. The van der Waals surface area contributed by atoms with Crippen LogP contribution in [-0.2, 0) is 9.59 Å². The van der Waals surface area contributed by atoms with Crippen LogP contribution in [0.1, 0.15) is 39.0 Å². The lowest BCUT2D eigenvalue weighted by molar-refractivity contribution is -0.145. The molecular formula is C11H20N2O3. The van der Waals surface area contributed by atoms with E-state index in [9.17, 15) is 9.59 Å². The van der Waals surface area contributed by atoms with Crippen molar-refractivity contribution in [2.45, 2.75) is 45.1 Å². The van der Waals surface area contributed by atoms with E-state index in [4.69, 9.17) is 5.21 Å². The van der Waals surface area contributed by atoms with Gasteiger partial charge in [0, 0.05) is 13.0 Å². The summed E-state index contributed by atoms with van der Waals surface area (Å²) in [5.41, 5.74) is 1.57. The Hall–Kier alpha value is -1.10. The molecule has 1 aliphatic carbocycles. The Morgan fingerprint density at radius 2 is 1.88 bits per heavy atom. The van der Waals surface area contributed by atoms with Gasteiger partial charge in [-0.15, -0.1) is 0 Å². The van der Waals surface area contributed by atoms with Gasteiger partial charge in [0.15, 0.2) is 0 Å². The number of hydrogen-bond acceptors (Lipinski definition) is 3. The van der Waals surface area contributed by atoms with Gasteiger partial charge in [-0.3, -0.25) is 14.8 Å². The van der Waals surface area contributed by atoms with E-state index in [1.165, 1.54) is 11.3 Å². The molecule has 0 aromatic rings. The molecule has 92 valence electrons. The summed E-state index contributed by atoms with van der Waals surface area (Å²) in [5, 5.41) is 8.51. The van der Waals surface area contributed by atoms with Crippen molar-refractivity contribution >= 4 is 11.8 Å². The number of carbonyl (C=O) groups excluding carboxylic acids is 2. The first-order valence-electron chi connectivity index (χ1n) is 5.78. The fraction of sp³-hybridized carbons (Fsp3) is 0.818. The molecule has 1 fully saturated rings. The van der Waals surface area contributed by atoms with Crippen molar-refractivity contribution in [3.05, 3.63) is 0 Å². The second kappa shape index (κ2) is 5.84. The van der Waals surface area contributed by atoms with E-state index in [1.807, 2.05) is 0 Å². The Bertz CT molecular complexity index is 262. The van der Waals surface area contributed by atoms with Crippen molar-refractivity contribution in [3.63, 3.8) is 0 Å². The summed E-state index contributed by atoms with van der Waals surface area (Å²) >= 11 is 0. The minimum absolute atomic E-state index is 0.0100. The minimum atomic E-state index is -0.626. The zero-order valence-corrected chi connectivity index (χ0v) is 9.90. The lowest BCUT2D eigenvalue weighted by atomic mass is 9.88. The number of carbonyl (C=O) groups is 2. The third-order valence-electron chi connectivity index (χ3n) is 3.37. The van der Waals surface area contributed by atoms with Crippen molar-refractivity contribution in [1.82, 2.24) is 10.4 Å². The largest absolute Gasteiger partial charge is 0.334 e. The molecule has 5 nitrogen and oxygen atoms in total. The van der Waals surface area contributed by atoms with E-state index in [-0.39, 0.29) is 11.8 Å². The predicted octanol–water partition coefficient (Wildman–Crippen LogP) is 0.919. The van der Waals surface area contributed by atoms with E-state index in [2.05, 4.69) is 0 Å². The highest BCUT2D eigenvalue weighted by Crippen LogP contribution is 2.25. The molecule has 0 bridgehead atoms. The molecule has 2 amide bonds. The van der Waals surface area contributed by atoms with Crippen molar-refractivity contribution in [2.24, 2.45) is 5.92 Å². The summed E-state index contributed by atoms with van der Waals surface area (Å²) in [6.45, 7) is 1.60. The average molecular weight is 228 g/mol. The molecule has 0 aromatic carbocycles. The molecule has 0 radical (unpaired) electrons. The van der Waals surface area contributed by atoms with Crippen LogP contribution in [0.15, 0.2) is 0 Å². The Labute approximate surface area is 95.8 Å². The number of likely N-dealkylation sites (N-methyl/N-ethyl adjacent to an activating group) is 1. The summed E-state index contributed by atoms with van der Waals surface area (Å²) in [5.74, 6) is -0.491. The fourth-order valence-electron chi connectivity index (χ4n) is 2.10. The van der Waals surface area contributed by atoms with E-state index >= 15 is 0 Å². The van der Waals surface area contributed by atoms with Crippen LogP contribution in [0, 0.1) is 5.92 Å². The molecule has 1 saturated carbocycles. The number of rotatable bonds is 3. The zero-order chi connectivity index (χ0) is 12.1. The number of amides is 2. The van der Waals surface area contributed by atoms with Crippen LogP contribution in [0.4, 0.5) is 0 Å². The number of hydroxylamine groups is 1. The van der Waals surface area contributed by atoms with Gasteiger partial charge in [-0.05, 0) is 19.8 Å². The monoisotopic (exact) mass is 228 g/mol. The maximum atomic E-state index is 12.0. The molecule has 5 heteroatoms. The third-order valence-corrected chi connectivity index (χ3v) is 3.37. The maximum absolute atomic E-state index is 12.0. The van der Waals surface area contributed by atoms with Crippen molar-refractivity contribution in [3.8, 4) is 0 Å². The van der Waals surface area contributed by atoms with E-state index in [1.54, 1.807) is 19.5 Å². The normalized spacial score (nSPS) is 18.9. The van der Waals surface area contributed by atoms with Crippen LogP contribution in [0.3, 0.4) is 0 Å². The molecule has 1 unspecified atom stereocenters. The van der Waals surface area contributed by atoms with E-state index in [0.717, 1.165) is 25.7 Å². The number of nitrogens with one attached hydrogen (secondary N) is 1. The summed E-state index contributed by atoms with van der Waals surface area (Å²) in [4.78, 5) is 24.6. The Morgan fingerprint density at radius 3 is 2.38 bits per heavy atom. The van der Waals surface area contributed by atoms with Crippen LogP contribution < -0.4 is 5.48 Å². The highest BCUT2D eigenvalue weighted by atomic mass is 16.5. The van der Waals surface area contributed by atoms with Crippen LogP contribution in [0.5, 0.6) is 0 Å². The molecular weight excluding hydrogens is 208 g/mol. The number of nitrogens with zero attached hydrogens (tertiary/aromatic N) is 1. The number of hydrogen-bond donors (Lipinski definition) is 2. The first-order valence-corrected chi connectivity index (χ1v) is 5.78. The minimum Gasteiger partial charge on any atom is -0.334 e. The second-order valence-corrected chi connectivity index (χ2v) is 4.44. The predicted molar refractivity (Wildman–Crippen MR) is 58.7 cm³/mol. The topological polar surface area (TPSA) is 69.6 Å². The zero-order valence-electron chi connectivity index (χ0n) is 9.90. The summed E-state index contributed by atoms with van der Waals surface area (Å²) in [7, 11) is 1.61. The third kappa shape index (κ3) is 2.95. The van der Waals surface area contributed by atoms with Crippen LogP contribution in [-0.4, -0.2) is 35.0 Å². The second-order valence-electron chi connectivity index (χ2n) is 4.44. The van der Waals surface area contributed by atoms with Gasteiger partial charge in [-0.1, -0.05) is 19.3 Å². The van der Waals surface area contributed by atoms with Gasteiger partial charge in [0.2, 0.25) is 5.91 Å². The van der Waals surface area contributed by atoms with Crippen LogP contribution in [0.2, 0.25) is 0 Å². The van der Waals surface area contributed by atoms with Gasteiger partial charge in [0.05, 0.1) is 0 Å². The van der Waals surface area contributed by atoms with Crippen molar-refractivity contribution < 1.29 is 14.8 Å². The van der Waals surface area contributed by atoms with Gasteiger partial charge >= 0.3 is 0 Å². The molecule has 0 spiro atoms. The van der Waals surface area contributed by atoms with E-state index < -0.39 is 11.9 Å². The average Bonchev–Trinajstić information content (AvgIpc) is 2.36. The van der Waals surface area contributed by atoms with Gasteiger partial charge in [0.1, 0.15) is 6.04 Å². The molecule has 1 rings (SSSR count). The SMILES string of the molecule is CC(C(=O)NO)N(C)C(=O)C1CCCCC1. The summed E-state index contributed by atoms with van der Waals surface area (Å²) < 4.78 is 0. The maximum Gasteiger partial charge on any atom is 0.265 e. The van der Waals surface area contributed by atoms with Gasteiger partial charge in [-0.25, -0.2) is 5.48 Å². The highest BCUT2D eigenvalue weighted by Gasteiger charge is 2.28. The molecule has 0 saturated heterocycles. The molecule has 0 aliphatic heterocycles. The van der Waals surface area contributed by atoms with Crippen LogP contribution in [0.25, 0.3) is 0 Å². The van der Waals surface area contributed by atoms with Crippen LogP contribution >= 0.6 is 0 Å². The van der Waals surface area contributed by atoms with E-state index in [0.29, 0.717) is 0 Å². The highest BCUT2D eigenvalue weighted by molar-refractivity contribution is 5.87. The molecule has 2 N–H and O–H groups in total. The lowest BCUT2D eigenvalue weighted by Gasteiger charge is -2.29. The Morgan fingerprint density at radius 1 is 1.31 bits per heavy atom. The Balaban J connectivity index is 2.54. The standard InChI is InChI=1S/C11H20N2O3/c1-8(10(14)12-16)13(2)11(15)9-6-4-3-5-7-9/h8-9,16H,3-7H2,1-2H3,(H,12,14). The Kier molecular flexibility index (Phi) is 4.73. The molecule has 0 aromatic heterocycles. The quantitative estimate of drug-likeness (QED) is 0.557.